The Kier molecular flexibility index (Phi) is 43.1. The van der Waals surface area contributed by atoms with Crippen molar-refractivity contribution in [2.45, 2.75) is 56.4 Å². The third-order valence-electron chi connectivity index (χ3n) is 12.2. The summed E-state index contributed by atoms with van der Waals surface area (Å²) in [6.45, 7) is 8.42. The number of anilines is 2. The van der Waals surface area contributed by atoms with Gasteiger partial charge in [0.15, 0.2) is 11.2 Å². The van der Waals surface area contributed by atoms with Crippen LogP contribution in [0.5, 0.6) is 0 Å². The Morgan fingerprint density at radius 3 is 1.43 bits per heavy atom. The highest BCUT2D eigenvalue weighted by Gasteiger charge is 2.29. The van der Waals surface area contributed by atoms with Crippen LogP contribution >= 0.6 is 12.6 Å². The molecule has 1 aromatic carbocycles. The summed E-state index contributed by atoms with van der Waals surface area (Å²) < 4.78 is 65.6. The number of ether oxygens (including phenoxy) is 12. The molecular formula is C56H88N12O24S. The normalized spacial score (nSPS) is 12.5. The van der Waals surface area contributed by atoms with Gasteiger partial charge in [-0.15, -0.1) is 0 Å². The Morgan fingerprint density at radius 2 is 0.978 bits per heavy atom. The zero-order valence-electron chi connectivity index (χ0n) is 51.7. The van der Waals surface area contributed by atoms with Crippen molar-refractivity contribution in [3.05, 3.63) is 52.1 Å². The highest BCUT2D eigenvalue weighted by molar-refractivity contribution is 7.80. The number of carboxylic acids is 3. The zero-order valence-corrected chi connectivity index (χ0v) is 52.6. The molecule has 0 aliphatic carbocycles. The molecule has 4 atom stereocenters. The molecule has 36 nitrogen and oxygen atoms in total. The second-order valence-corrected chi connectivity index (χ2v) is 19.8. The van der Waals surface area contributed by atoms with Crippen molar-refractivity contribution >= 4 is 82.9 Å². The third-order valence-corrected chi connectivity index (χ3v) is 12.5. The van der Waals surface area contributed by atoms with E-state index in [1.54, 1.807) is 12.1 Å². The van der Waals surface area contributed by atoms with E-state index in [0.717, 1.165) is 0 Å². The van der Waals surface area contributed by atoms with Crippen LogP contribution in [0.25, 0.3) is 11.2 Å². The number of carbonyl (C=O) groups is 8. The average molecular weight is 1350 g/mol. The number of amides is 5. The molecule has 3 aromatic rings. The van der Waals surface area contributed by atoms with E-state index in [2.05, 4.69) is 64.5 Å². The maximum atomic E-state index is 12.8. The number of hydrogen-bond acceptors (Lipinski definition) is 28. The predicted octanol–water partition coefficient (Wildman–Crippen LogP) is -3.52. The number of hydrogen-bond donors (Lipinski definition) is 13. The fourth-order valence-electron chi connectivity index (χ4n) is 7.32. The van der Waals surface area contributed by atoms with Gasteiger partial charge in [-0.25, -0.2) is 19.6 Å². The lowest BCUT2D eigenvalue weighted by atomic mass is 10.1. The summed E-state index contributed by atoms with van der Waals surface area (Å²) in [6.07, 6.45) is 0.300. The maximum Gasteiger partial charge on any atom is 0.327 e. The lowest BCUT2D eigenvalue weighted by Gasteiger charge is -2.21. The molecule has 0 aliphatic heterocycles. The first-order valence-corrected chi connectivity index (χ1v) is 30.4. The average Bonchev–Trinajstić information content (AvgIpc) is 0.882. The Balaban J connectivity index is 0.980. The number of thiol groups is 1. The highest BCUT2D eigenvalue weighted by Crippen LogP contribution is 2.13. The molecule has 2 heterocycles. The molecule has 0 saturated heterocycles. The number of benzene rings is 1. The van der Waals surface area contributed by atoms with Gasteiger partial charge in [0, 0.05) is 42.9 Å². The Morgan fingerprint density at radius 1 is 0.538 bits per heavy atom. The van der Waals surface area contributed by atoms with Gasteiger partial charge in [-0.2, -0.15) is 17.6 Å². The quantitative estimate of drug-likeness (QED) is 0.0192. The van der Waals surface area contributed by atoms with Gasteiger partial charge >= 0.3 is 17.9 Å². The van der Waals surface area contributed by atoms with E-state index in [0.29, 0.717) is 144 Å². The number of aromatic amines is 1. The molecule has 0 aliphatic rings. The molecule has 0 radical (unpaired) electrons. The molecule has 0 fully saturated rings. The fraction of sp³-hybridized carbons (Fsp3) is 0.643. The second-order valence-electron chi connectivity index (χ2n) is 19.4. The first-order chi connectivity index (χ1) is 45.0. The maximum absolute atomic E-state index is 12.8. The first-order valence-electron chi connectivity index (χ1n) is 29.7. The molecule has 0 saturated carbocycles. The van der Waals surface area contributed by atoms with Gasteiger partial charge < -0.3 is 116 Å². The molecule has 2 aromatic heterocycles. The van der Waals surface area contributed by atoms with Crippen molar-refractivity contribution in [1.29, 1.82) is 0 Å². The first kappa shape index (κ1) is 79.9. The Hall–Kier alpha value is -7.37. The topological polar surface area (TPSA) is 504 Å². The highest BCUT2D eigenvalue weighted by atomic mass is 32.1. The van der Waals surface area contributed by atoms with Gasteiger partial charge in [-0.3, -0.25) is 38.5 Å². The van der Waals surface area contributed by atoms with Crippen LogP contribution in [-0.4, -0.2) is 284 Å². The van der Waals surface area contributed by atoms with Crippen LogP contribution in [-0.2, 0) is 96.9 Å². The number of nitrogens with zero attached hydrogens (tertiary/aromatic N) is 3. The SMILES string of the molecule is Nc1nc2ncc(CNc3ccc(C(=O)NC(CCC(=O)NCCOCCOCCOCCOCCOCCOCCOCCOCCOCCOCCOCCOCCC(=O)NCC(N)C(=O)NC(CC(=O)O)C(=O)NC(CS)C(=O)O)C(=O)O)cc3)nc2c(=O)[nH]1. The van der Waals surface area contributed by atoms with E-state index in [1.165, 1.54) is 18.3 Å². The fourth-order valence-corrected chi connectivity index (χ4v) is 7.57. The van der Waals surface area contributed by atoms with Crippen molar-refractivity contribution in [3.63, 3.8) is 0 Å². The summed E-state index contributed by atoms with van der Waals surface area (Å²) in [7, 11) is 0. The summed E-state index contributed by atoms with van der Waals surface area (Å²) >= 11 is 3.82. The molecular weight excluding hydrogens is 1260 g/mol. The van der Waals surface area contributed by atoms with Crippen LogP contribution in [0.3, 0.4) is 0 Å². The summed E-state index contributed by atoms with van der Waals surface area (Å²) in [5.41, 5.74) is 12.3. The van der Waals surface area contributed by atoms with Gasteiger partial charge in [0.25, 0.3) is 11.5 Å². The number of nitrogens with two attached hydrogens (primary N) is 2. The van der Waals surface area contributed by atoms with Crippen LogP contribution in [0, 0.1) is 0 Å². The van der Waals surface area contributed by atoms with E-state index in [-0.39, 0.29) is 93.8 Å². The number of nitrogens with one attached hydrogen (secondary N) is 7. The van der Waals surface area contributed by atoms with Gasteiger partial charge in [0.05, 0.1) is 183 Å². The molecule has 14 N–H and O–H groups in total. The number of nitrogen functional groups attached to an aromatic ring is 1. The van der Waals surface area contributed by atoms with Gasteiger partial charge in [-0.1, -0.05) is 0 Å². The number of rotatable bonds is 58. The second kappa shape index (κ2) is 50.2. The smallest absolute Gasteiger partial charge is 0.327 e. The molecule has 3 rings (SSSR count). The molecule has 5 amide bonds. The van der Waals surface area contributed by atoms with Crippen LogP contribution in [0.1, 0.15) is 41.7 Å². The Labute approximate surface area is 540 Å². The number of aliphatic carboxylic acids is 3. The van der Waals surface area contributed by atoms with Gasteiger partial charge in [-0.05, 0) is 30.7 Å². The van der Waals surface area contributed by atoms with E-state index in [9.17, 15) is 48.3 Å². The Bertz CT molecular complexity index is 2720. The molecule has 0 spiro atoms. The molecule has 37 heteroatoms. The van der Waals surface area contributed by atoms with E-state index in [1.807, 2.05) is 0 Å². The number of carboxylic acid groups (broad SMARTS) is 3. The minimum absolute atomic E-state index is 0.0416. The monoisotopic (exact) mass is 1340 g/mol. The summed E-state index contributed by atoms with van der Waals surface area (Å²) in [5, 5.41) is 42.8. The number of carbonyl (C=O) groups excluding carboxylic acids is 5. The lowest BCUT2D eigenvalue weighted by molar-refractivity contribution is -0.143. The number of H-pyrrole nitrogens is 1. The van der Waals surface area contributed by atoms with E-state index in [4.69, 9.17) is 78.5 Å². The van der Waals surface area contributed by atoms with Gasteiger partial charge in [0.2, 0.25) is 29.6 Å². The summed E-state index contributed by atoms with van der Waals surface area (Å²) in [4.78, 5) is 123. The van der Waals surface area contributed by atoms with Gasteiger partial charge in [0.1, 0.15) is 24.2 Å². The lowest BCUT2D eigenvalue weighted by Crippen LogP contribution is -2.57. The molecule has 0 bridgehead atoms. The standard InChI is InChI=1S/C56H88N12O24S/c57-41(51(74)65-43(33-47(71)72)52(75)66-44(37-93)55(79)80)36-61-46(70)7-9-81-11-13-83-15-17-85-19-21-87-23-25-89-27-29-91-31-32-92-30-28-90-26-24-88-22-20-86-18-16-84-14-12-82-10-8-59-45(69)6-5-42(54(77)78)64-50(73)38-1-3-39(4-2-38)60-34-40-35-62-49-48(63-40)53(76)68-56(58)67-49/h1-4,35,41-44,60,93H,5-34,36-37,57H2,(H,59,69)(H,61,70)(H,64,73)(H,65,74)(H,66,75)(H,71,72)(H,77,78)(H,79,80)(H3,58,62,67,68,76). The predicted molar refractivity (Wildman–Crippen MR) is 330 cm³/mol. The third kappa shape index (κ3) is 38.4. The van der Waals surface area contributed by atoms with Crippen molar-refractivity contribution in [2.75, 3.05) is 188 Å². The summed E-state index contributed by atoms with van der Waals surface area (Å²) in [6, 6.07) is 0.601. The van der Waals surface area contributed by atoms with Crippen LogP contribution < -0.4 is 48.9 Å². The largest absolute Gasteiger partial charge is 0.481 e. The van der Waals surface area contributed by atoms with E-state index >= 15 is 0 Å². The van der Waals surface area contributed by atoms with Crippen LogP contribution in [0.15, 0.2) is 35.3 Å². The van der Waals surface area contributed by atoms with Crippen molar-refractivity contribution in [3.8, 4) is 0 Å². The minimum atomic E-state index is -1.61. The number of aromatic nitrogens is 4. The minimum Gasteiger partial charge on any atom is -0.481 e. The van der Waals surface area contributed by atoms with Crippen LogP contribution in [0.4, 0.5) is 11.6 Å². The van der Waals surface area contributed by atoms with Crippen molar-refractivity contribution in [2.24, 2.45) is 5.73 Å². The number of fused-ring (bicyclic) bond motifs is 1. The molecule has 522 valence electrons. The van der Waals surface area contributed by atoms with Crippen LogP contribution in [0.2, 0.25) is 0 Å². The zero-order chi connectivity index (χ0) is 67.7. The van der Waals surface area contributed by atoms with Crippen molar-refractivity contribution < 1.29 is 111 Å². The molecule has 4 unspecified atom stereocenters. The molecule has 93 heavy (non-hydrogen) atoms. The van der Waals surface area contributed by atoms with Crippen molar-refractivity contribution in [1.82, 2.24) is 46.5 Å². The van der Waals surface area contributed by atoms with E-state index < -0.39 is 83.6 Å². The summed E-state index contributed by atoms with van der Waals surface area (Å²) in [5.74, 6) is -7.93.